The fourth-order valence-corrected chi connectivity index (χ4v) is 8.84. The molecule has 2 aromatic rings. The van der Waals surface area contributed by atoms with Crippen LogP contribution in [0.25, 0.3) is 10.5 Å². The first kappa shape index (κ1) is 32.9. The van der Waals surface area contributed by atoms with Crippen molar-refractivity contribution in [2.24, 2.45) is 5.92 Å². The molecule has 1 fully saturated rings. The molecule has 0 atom stereocenters. The maximum absolute atomic E-state index is 13.7. The molecular weight excluding hydrogens is 659 g/mol. The minimum Gasteiger partial charge on any atom is -0.480 e. The number of thioether (sulfide) groups is 2. The third-order valence-corrected chi connectivity index (χ3v) is 11.1. The molecule has 2 aliphatic heterocycles. The predicted octanol–water partition coefficient (Wildman–Crippen LogP) is 1.98. The Bertz CT molecular complexity index is 1830. The molecule has 3 N–H and O–H groups in total. The Balaban J connectivity index is 1.88. The van der Waals surface area contributed by atoms with E-state index in [1.54, 1.807) is 0 Å². The van der Waals surface area contributed by atoms with Crippen molar-refractivity contribution in [3.63, 3.8) is 0 Å². The monoisotopic (exact) mass is 685 g/mol. The molecule has 0 unspecified atom stereocenters. The highest BCUT2D eigenvalue weighted by Crippen LogP contribution is 2.46. The standard InChI is InChI=1S/C26H27N3O9S5/c1-14(2)15(11-18-27(9-5-6-10-43(36,37)38)16-7-3-4-8-17(16)40-18)21-23(34)28(12-19(30)31)25(41-21)22-24(35)29(13-20(32)33)26(39)42-22/h3-4,7-8,11,14H,5-6,9-10,12-13H2,1-2H3,(H,30,31)(H,32,33)(H,36,37,38)/b18-11-,21-15-,25-22-. The zero-order valence-corrected chi connectivity index (χ0v) is 27.0. The number of rotatable bonds is 11. The van der Waals surface area contributed by atoms with Crippen molar-refractivity contribution in [2.45, 2.75) is 38.1 Å². The average Bonchev–Trinajstić information content (AvgIpc) is 3.51. The van der Waals surface area contributed by atoms with Crippen LogP contribution >= 0.6 is 47.1 Å². The summed E-state index contributed by atoms with van der Waals surface area (Å²) in [6, 6.07) is 7.63. The molecule has 230 valence electrons. The Morgan fingerprint density at radius 2 is 1.70 bits per heavy atom. The second kappa shape index (κ2) is 13.4. The van der Waals surface area contributed by atoms with Gasteiger partial charge in [0.2, 0.25) is 0 Å². The second-order valence-corrected chi connectivity index (χ2v) is 15.1. The number of benzene rings is 1. The minimum absolute atomic E-state index is 0.00776. The van der Waals surface area contributed by atoms with Gasteiger partial charge in [0.1, 0.15) is 27.0 Å². The number of unbranched alkanes of at least 4 members (excludes halogenated alkanes) is 1. The van der Waals surface area contributed by atoms with Crippen molar-refractivity contribution < 1.29 is 37.6 Å². The van der Waals surface area contributed by atoms with Crippen LogP contribution in [-0.4, -0.2) is 73.7 Å². The number of para-hydroxylation sites is 1. The second-order valence-electron chi connectivity index (χ2n) is 9.81. The number of aromatic nitrogens is 1. The number of thiocarbonyl (C=S) groups is 1. The molecule has 0 saturated carbocycles. The molecule has 43 heavy (non-hydrogen) atoms. The van der Waals surface area contributed by atoms with Crippen LogP contribution in [0.5, 0.6) is 0 Å². The van der Waals surface area contributed by atoms with Gasteiger partial charge in [0.25, 0.3) is 21.6 Å². The average molecular weight is 686 g/mol. The quantitative estimate of drug-likeness (QED) is 0.178. The first-order chi connectivity index (χ1) is 20.2. The molecule has 17 heteroatoms. The highest BCUT2D eigenvalue weighted by atomic mass is 32.2. The van der Waals surface area contributed by atoms with E-state index in [2.05, 4.69) is 0 Å². The molecule has 0 bridgehead atoms. The number of hydrogen-bond donors (Lipinski definition) is 3. The van der Waals surface area contributed by atoms with Gasteiger partial charge in [0, 0.05) is 11.4 Å². The summed E-state index contributed by atoms with van der Waals surface area (Å²) in [7, 11) is -4.09. The van der Waals surface area contributed by atoms with Crippen molar-refractivity contribution in [1.29, 1.82) is 0 Å². The third-order valence-electron chi connectivity index (χ3n) is 6.35. The van der Waals surface area contributed by atoms with Crippen molar-refractivity contribution in [2.75, 3.05) is 23.7 Å². The lowest BCUT2D eigenvalue weighted by atomic mass is 10.0. The van der Waals surface area contributed by atoms with Crippen LogP contribution in [0.4, 0.5) is 5.69 Å². The van der Waals surface area contributed by atoms with E-state index in [0.29, 0.717) is 18.5 Å². The molecule has 2 aliphatic rings. The van der Waals surface area contributed by atoms with E-state index in [4.69, 9.17) is 16.8 Å². The number of carboxylic acids is 2. The van der Waals surface area contributed by atoms with E-state index >= 15 is 0 Å². The Morgan fingerprint density at radius 3 is 2.33 bits per heavy atom. The third kappa shape index (κ3) is 7.58. The number of carbonyl (C=O) groups is 3. The number of anilines is 1. The summed E-state index contributed by atoms with van der Waals surface area (Å²) in [5, 5.41) is 19.5. The van der Waals surface area contributed by atoms with Crippen molar-refractivity contribution in [3.05, 3.63) is 54.9 Å². The summed E-state index contributed by atoms with van der Waals surface area (Å²) in [4.78, 5) is 53.7. The fraction of sp³-hybridized carbons (Fsp3) is 0.346. The van der Waals surface area contributed by atoms with Crippen LogP contribution in [0, 0.1) is 5.92 Å². The van der Waals surface area contributed by atoms with Crippen LogP contribution in [0.2, 0.25) is 0 Å². The van der Waals surface area contributed by atoms with Gasteiger partial charge in [-0.25, -0.2) is 0 Å². The van der Waals surface area contributed by atoms with Gasteiger partial charge in [0.15, 0.2) is 0 Å². The molecule has 0 spiro atoms. The van der Waals surface area contributed by atoms with E-state index < -0.39 is 46.6 Å². The number of fused-ring (bicyclic) bond motifs is 1. The van der Waals surface area contributed by atoms with E-state index in [-0.39, 0.29) is 36.5 Å². The summed E-state index contributed by atoms with van der Waals surface area (Å²) < 4.78 is 32.8. The highest BCUT2D eigenvalue weighted by Gasteiger charge is 2.35. The molecule has 3 heterocycles. The zero-order chi connectivity index (χ0) is 31.6. The van der Waals surface area contributed by atoms with Gasteiger partial charge in [-0.2, -0.15) is 8.42 Å². The lowest BCUT2D eigenvalue weighted by Gasteiger charge is -2.21. The molecule has 1 amide bonds. The Labute approximate surface area is 264 Å². The summed E-state index contributed by atoms with van der Waals surface area (Å²) in [6.45, 7) is 2.82. The predicted molar refractivity (Wildman–Crippen MR) is 170 cm³/mol. The number of amides is 1. The SMILES string of the molecule is CC(C)C(/C=C1\Sc2ccccc2N1CCCCS(=O)(=O)O)=c1\s/c(=C2\SC(=S)N(CC(=O)O)C2=O)n(CC(=O)O)c1=O. The zero-order valence-electron chi connectivity index (χ0n) is 22.9. The summed E-state index contributed by atoms with van der Waals surface area (Å²) >= 11 is 8.43. The van der Waals surface area contributed by atoms with Gasteiger partial charge >= 0.3 is 11.9 Å². The highest BCUT2D eigenvalue weighted by molar-refractivity contribution is 8.30. The number of thiazole rings is 1. The first-order valence-electron chi connectivity index (χ1n) is 12.8. The van der Waals surface area contributed by atoms with E-state index in [1.165, 1.54) is 11.8 Å². The Morgan fingerprint density at radius 1 is 1.02 bits per heavy atom. The molecule has 1 saturated heterocycles. The molecule has 0 aliphatic carbocycles. The number of carbonyl (C=O) groups excluding carboxylic acids is 1. The maximum atomic E-state index is 13.7. The number of aliphatic carboxylic acids is 2. The van der Waals surface area contributed by atoms with Gasteiger partial charge in [0.05, 0.1) is 21.0 Å². The van der Waals surface area contributed by atoms with Crippen molar-refractivity contribution >= 4 is 95.5 Å². The Hall–Kier alpha value is -2.96. The topological polar surface area (TPSA) is 175 Å². The van der Waals surface area contributed by atoms with Gasteiger partial charge < -0.3 is 15.1 Å². The maximum Gasteiger partial charge on any atom is 0.323 e. The van der Waals surface area contributed by atoms with E-state index in [1.807, 2.05) is 49.1 Å². The summed E-state index contributed by atoms with van der Waals surface area (Å²) in [5.74, 6) is -3.85. The van der Waals surface area contributed by atoms with Crippen LogP contribution in [0.1, 0.15) is 26.7 Å². The summed E-state index contributed by atoms with van der Waals surface area (Å²) in [5.41, 5.74) is 0.894. The number of allylic oxidation sites excluding steroid dienone is 1. The van der Waals surface area contributed by atoms with E-state index in [0.717, 1.165) is 48.2 Å². The smallest absolute Gasteiger partial charge is 0.323 e. The number of hydrogen-bond acceptors (Lipinski definition) is 11. The molecule has 0 radical (unpaired) electrons. The van der Waals surface area contributed by atoms with E-state index in [9.17, 15) is 37.8 Å². The number of carboxylic acid groups (broad SMARTS) is 2. The van der Waals surface area contributed by atoms with Crippen LogP contribution in [0.3, 0.4) is 0 Å². The van der Waals surface area contributed by atoms with Crippen molar-refractivity contribution in [3.8, 4) is 0 Å². The lowest BCUT2D eigenvalue weighted by molar-refractivity contribution is -0.140. The first-order valence-corrected chi connectivity index (χ1v) is 17.3. The molecule has 4 rings (SSSR count). The van der Waals surface area contributed by atoms with Crippen LogP contribution in [0.15, 0.2) is 45.1 Å². The fourth-order valence-electron chi connectivity index (χ4n) is 4.41. The largest absolute Gasteiger partial charge is 0.480 e. The van der Waals surface area contributed by atoms with Gasteiger partial charge in [-0.05, 0) is 42.5 Å². The molecule has 1 aromatic heterocycles. The van der Waals surface area contributed by atoms with Gasteiger partial charge in [-0.15, -0.1) is 11.3 Å². The molecule has 12 nitrogen and oxygen atoms in total. The molecule has 1 aromatic carbocycles. The lowest BCUT2D eigenvalue weighted by Crippen LogP contribution is -2.37. The van der Waals surface area contributed by atoms with Crippen molar-refractivity contribution in [1.82, 2.24) is 9.47 Å². The minimum atomic E-state index is -4.09. The molecular formula is C26H27N3O9S5. The van der Waals surface area contributed by atoms with Gasteiger partial charge in [-0.1, -0.05) is 61.7 Å². The van der Waals surface area contributed by atoms with Crippen LogP contribution in [-0.2, 0) is 31.0 Å². The van der Waals surface area contributed by atoms with Gasteiger partial charge in [-0.3, -0.25) is 33.2 Å². The summed E-state index contributed by atoms with van der Waals surface area (Å²) in [6.07, 6.45) is 2.55. The normalized spacial score (nSPS) is 18.2. The Kier molecular flexibility index (Phi) is 10.2. The van der Waals surface area contributed by atoms with Crippen LogP contribution < -0.4 is 19.7 Å². The number of nitrogens with zero attached hydrogens (tertiary/aromatic N) is 3.